The van der Waals surface area contributed by atoms with Crippen molar-refractivity contribution in [2.24, 2.45) is 11.8 Å². The number of nitrogens with zero attached hydrogens (tertiary/aromatic N) is 3. The topological polar surface area (TPSA) is 180 Å². The monoisotopic (exact) mass is 569 g/mol. The normalized spacial score (nSPS) is 20.8. The van der Waals surface area contributed by atoms with Crippen molar-refractivity contribution in [2.45, 2.75) is 88.9 Å². The summed E-state index contributed by atoms with van der Waals surface area (Å²) in [5.41, 5.74) is 0.0520. The fraction of sp³-hybridized carbons (Fsp3) is 0.643. The Hall–Kier alpha value is -3.90. The Kier molecular flexibility index (Phi) is 10.0. The van der Waals surface area contributed by atoms with Gasteiger partial charge in [-0.15, -0.1) is 0 Å². The summed E-state index contributed by atoms with van der Waals surface area (Å²) in [5.74, 6) is -3.74. The van der Waals surface area contributed by atoms with E-state index in [2.05, 4.69) is 31.2 Å². The maximum absolute atomic E-state index is 13.7. The number of likely N-dealkylation sites (N-methyl/N-ethyl adjacent to an activating group) is 1. The third-order valence-corrected chi connectivity index (χ3v) is 8.10. The number of nitrogens with one attached hydrogen (secondary N) is 4. The molecule has 13 nitrogen and oxygen atoms in total. The van der Waals surface area contributed by atoms with Crippen LogP contribution in [0.15, 0.2) is 18.6 Å². The first kappa shape index (κ1) is 30.1. The maximum atomic E-state index is 13.7. The molecule has 222 valence electrons. The molecule has 2 aliphatic carbocycles. The van der Waals surface area contributed by atoms with Crippen LogP contribution in [0, 0.1) is 11.8 Å². The van der Waals surface area contributed by atoms with Crippen molar-refractivity contribution >= 4 is 35.3 Å². The summed E-state index contributed by atoms with van der Waals surface area (Å²) in [4.78, 5) is 87.0. The molecule has 41 heavy (non-hydrogen) atoms. The van der Waals surface area contributed by atoms with E-state index in [1.54, 1.807) is 0 Å². The van der Waals surface area contributed by atoms with Crippen LogP contribution in [0.5, 0.6) is 0 Å². The van der Waals surface area contributed by atoms with Gasteiger partial charge >= 0.3 is 0 Å². The van der Waals surface area contributed by atoms with E-state index >= 15 is 0 Å². The molecule has 2 saturated carbocycles. The van der Waals surface area contributed by atoms with E-state index in [4.69, 9.17) is 0 Å². The fourth-order valence-corrected chi connectivity index (χ4v) is 5.18. The molecule has 1 aromatic rings. The number of carbonyl (C=O) groups is 6. The van der Waals surface area contributed by atoms with E-state index in [9.17, 15) is 28.8 Å². The zero-order valence-corrected chi connectivity index (χ0v) is 23.6. The van der Waals surface area contributed by atoms with Crippen LogP contribution in [0.4, 0.5) is 0 Å². The van der Waals surface area contributed by atoms with Crippen molar-refractivity contribution in [1.82, 2.24) is 36.1 Å². The van der Waals surface area contributed by atoms with Gasteiger partial charge in [-0.05, 0) is 51.4 Å². The summed E-state index contributed by atoms with van der Waals surface area (Å²) in [5, 5.41) is 10.8. The summed E-state index contributed by atoms with van der Waals surface area (Å²) < 4.78 is 0. The predicted octanol–water partition coefficient (Wildman–Crippen LogP) is -0.139. The van der Waals surface area contributed by atoms with E-state index in [-0.39, 0.29) is 30.0 Å². The zero-order valence-electron chi connectivity index (χ0n) is 23.6. The zero-order chi connectivity index (χ0) is 29.5. The molecule has 0 aromatic carbocycles. The number of ketones is 1. The minimum absolute atomic E-state index is 0.00707. The molecule has 0 unspecified atom stereocenters. The Balaban J connectivity index is 1.47. The average Bonchev–Trinajstić information content (AvgIpc) is 3.76. The first-order chi connectivity index (χ1) is 19.6. The van der Waals surface area contributed by atoms with Crippen LogP contribution in [0.25, 0.3) is 0 Å². The van der Waals surface area contributed by atoms with Crippen LogP contribution in [-0.2, 0) is 24.0 Å². The number of Topliss-reactive ketones (excluding diaryl/α,β-unsaturated/α-hetero) is 1. The van der Waals surface area contributed by atoms with Gasteiger partial charge in [-0.1, -0.05) is 19.3 Å². The molecule has 2 heterocycles. The standard InChI is InChI=1S/C28H39N7O6/c1-16(32-25(38)21-15-29-11-12-30-21)28(41)35(2)22(13-17-5-3-6-17)26(39)34-20(14-18-7-4-10-31-24(18)37)23(36)27(40)33-19-8-9-19/h11-12,15-20,22H,3-10,13-14H2,1-2H3,(H,31,37)(H,32,38)(H,33,40)(H,34,39)/t16-,18+,20+,22+/m1/s1. The van der Waals surface area contributed by atoms with Crippen molar-refractivity contribution in [1.29, 1.82) is 0 Å². The molecule has 13 heteroatoms. The lowest BCUT2D eigenvalue weighted by molar-refractivity contribution is -0.144. The molecule has 5 amide bonds. The third-order valence-electron chi connectivity index (χ3n) is 8.10. The molecule has 4 rings (SSSR count). The Labute approximate surface area is 239 Å². The fourth-order valence-electron chi connectivity index (χ4n) is 5.18. The number of hydrogen-bond donors (Lipinski definition) is 4. The van der Waals surface area contributed by atoms with E-state index in [0.29, 0.717) is 19.4 Å². The molecule has 0 bridgehead atoms. The maximum Gasteiger partial charge on any atom is 0.289 e. The lowest BCUT2D eigenvalue weighted by Crippen LogP contribution is -2.58. The number of carbonyl (C=O) groups excluding carboxylic acids is 6. The molecule has 0 spiro atoms. The van der Waals surface area contributed by atoms with Crippen molar-refractivity contribution < 1.29 is 28.8 Å². The largest absolute Gasteiger partial charge is 0.356 e. The highest BCUT2D eigenvalue weighted by Gasteiger charge is 2.39. The summed E-state index contributed by atoms with van der Waals surface area (Å²) >= 11 is 0. The SMILES string of the molecule is C[C@@H](NC(=O)c1cnccn1)C(=O)N(C)[C@@H](CC1CCC1)C(=O)N[C@@H](C[C@@H]1CCCNC1=O)C(=O)C(=O)NC1CC1. The highest BCUT2D eigenvalue weighted by Crippen LogP contribution is 2.32. The minimum atomic E-state index is -1.21. The second-order valence-corrected chi connectivity index (χ2v) is 11.3. The smallest absolute Gasteiger partial charge is 0.289 e. The van der Waals surface area contributed by atoms with Gasteiger partial charge in [-0.3, -0.25) is 33.8 Å². The highest BCUT2D eigenvalue weighted by atomic mass is 16.2. The van der Waals surface area contributed by atoms with Crippen LogP contribution >= 0.6 is 0 Å². The van der Waals surface area contributed by atoms with E-state index in [1.165, 1.54) is 37.5 Å². The van der Waals surface area contributed by atoms with Gasteiger partial charge in [0, 0.05) is 37.9 Å². The number of amides is 5. The molecule has 1 aliphatic heterocycles. The number of hydrogen-bond acceptors (Lipinski definition) is 8. The quantitative estimate of drug-likeness (QED) is 0.237. The van der Waals surface area contributed by atoms with Gasteiger partial charge in [0.05, 0.1) is 12.2 Å². The average molecular weight is 570 g/mol. The minimum Gasteiger partial charge on any atom is -0.356 e. The van der Waals surface area contributed by atoms with Crippen molar-refractivity contribution in [2.75, 3.05) is 13.6 Å². The summed E-state index contributed by atoms with van der Waals surface area (Å²) in [6.45, 7) is 2.06. The van der Waals surface area contributed by atoms with Crippen molar-refractivity contribution in [3.05, 3.63) is 24.3 Å². The van der Waals surface area contributed by atoms with E-state index < -0.39 is 53.5 Å². The molecule has 4 N–H and O–H groups in total. The molecule has 0 radical (unpaired) electrons. The van der Waals surface area contributed by atoms with Gasteiger partial charge in [0.2, 0.25) is 23.5 Å². The van der Waals surface area contributed by atoms with E-state index in [0.717, 1.165) is 38.5 Å². The number of aromatic nitrogens is 2. The summed E-state index contributed by atoms with van der Waals surface area (Å²) in [7, 11) is 1.49. The molecule has 4 atom stereocenters. The Morgan fingerprint density at radius 3 is 2.39 bits per heavy atom. The summed E-state index contributed by atoms with van der Waals surface area (Å²) in [6.07, 6.45) is 10.2. The Morgan fingerprint density at radius 2 is 1.78 bits per heavy atom. The van der Waals surface area contributed by atoms with Crippen molar-refractivity contribution in [3.8, 4) is 0 Å². The van der Waals surface area contributed by atoms with Crippen LogP contribution in [-0.4, -0.2) is 87.9 Å². The first-order valence-corrected chi connectivity index (χ1v) is 14.4. The lowest BCUT2D eigenvalue weighted by atomic mass is 9.80. The third kappa shape index (κ3) is 8.08. The lowest BCUT2D eigenvalue weighted by Gasteiger charge is -2.36. The molecule has 3 aliphatic rings. The second kappa shape index (κ2) is 13.6. The highest BCUT2D eigenvalue weighted by molar-refractivity contribution is 6.38. The van der Waals surface area contributed by atoms with Crippen LogP contribution in [0.1, 0.15) is 75.2 Å². The van der Waals surface area contributed by atoms with Crippen LogP contribution in [0.3, 0.4) is 0 Å². The molecule has 1 aromatic heterocycles. The van der Waals surface area contributed by atoms with Crippen LogP contribution < -0.4 is 21.3 Å². The molecular formula is C28H39N7O6. The Morgan fingerprint density at radius 1 is 1.02 bits per heavy atom. The van der Waals surface area contributed by atoms with Gasteiger partial charge < -0.3 is 26.2 Å². The molecule has 3 fully saturated rings. The van der Waals surface area contributed by atoms with Gasteiger partial charge in [0.1, 0.15) is 17.8 Å². The first-order valence-electron chi connectivity index (χ1n) is 14.4. The van der Waals surface area contributed by atoms with Gasteiger partial charge in [0.25, 0.3) is 11.8 Å². The second-order valence-electron chi connectivity index (χ2n) is 11.3. The predicted molar refractivity (Wildman–Crippen MR) is 146 cm³/mol. The number of piperidine rings is 1. The van der Waals surface area contributed by atoms with Crippen LogP contribution in [0.2, 0.25) is 0 Å². The van der Waals surface area contributed by atoms with Gasteiger partial charge in [-0.2, -0.15) is 0 Å². The molecule has 1 saturated heterocycles. The molecular weight excluding hydrogens is 530 g/mol. The van der Waals surface area contributed by atoms with E-state index in [1.807, 2.05) is 0 Å². The Bertz CT molecular complexity index is 1150. The van der Waals surface area contributed by atoms with Gasteiger partial charge in [-0.25, -0.2) is 4.98 Å². The van der Waals surface area contributed by atoms with Gasteiger partial charge in [0.15, 0.2) is 0 Å². The van der Waals surface area contributed by atoms with Crippen molar-refractivity contribution in [3.63, 3.8) is 0 Å². The summed E-state index contributed by atoms with van der Waals surface area (Å²) in [6, 6.07) is -3.17. The number of rotatable bonds is 13.